The van der Waals surface area contributed by atoms with Gasteiger partial charge < -0.3 is 9.47 Å². The maximum absolute atomic E-state index is 12.5. The van der Waals surface area contributed by atoms with Gasteiger partial charge in [0.1, 0.15) is 5.82 Å². The van der Waals surface area contributed by atoms with Crippen LogP contribution in [0, 0.1) is 14.9 Å². The number of nitrogens with one attached hydrogen (secondary N) is 1. The van der Waals surface area contributed by atoms with Crippen LogP contribution in [0.1, 0.15) is 50.0 Å². The van der Waals surface area contributed by atoms with Gasteiger partial charge in [-0.2, -0.15) is 5.10 Å². The molecule has 2 aromatic rings. The first-order valence-electron chi connectivity index (χ1n) is 9.25. The van der Waals surface area contributed by atoms with E-state index < -0.39 is 4.92 Å². The molecule has 1 N–H and O–H groups in total. The number of aromatic nitrogens is 3. The summed E-state index contributed by atoms with van der Waals surface area (Å²) in [5, 5.41) is 18.3. The molecule has 1 amide bonds. The molecule has 1 aliphatic rings. The summed E-state index contributed by atoms with van der Waals surface area (Å²) in [6.45, 7) is 5.37. The highest BCUT2D eigenvalue weighted by molar-refractivity contribution is 7.71. The van der Waals surface area contributed by atoms with Crippen molar-refractivity contribution in [2.45, 2.75) is 38.6 Å². The van der Waals surface area contributed by atoms with Gasteiger partial charge in [-0.3, -0.25) is 20.0 Å². The number of carbonyl (C=O) groups is 1. The summed E-state index contributed by atoms with van der Waals surface area (Å²) in [5.74, 6) is 1.06. The highest BCUT2D eigenvalue weighted by atomic mass is 32.1. The molecule has 0 atom stereocenters. The molecule has 1 saturated heterocycles. The summed E-state index contributed by atoms with van der Waals surface area (Å²) >= 11 is 5.32. The summed E-state index contributed by atoms with van der Waals surface area (Å²) in [5.41, 5.74) is 0.407. The molecule has 2 heterocycles. The van der Waals surface area contributed by atoms with Gasteiger partial charge in [0.25, 0.3) is 5.69 Å². The number of para-hydroxylation sites is 1. The second-order valence-corrected chi connectivity index (χ2v) is 7.49. The number of piperidine rings is 1. The van der Waals surface area contributed by atoms with E-state index in [0.29, 0.717) is 23.4 Å². The zero-order valence-corrected chi connectivity index (χ0v) is 16.7. The molecule has 0 saturated carbocycles. The van der Waals surface area contributed by atoms with Crippen LogP contribution in [0.25, 0.3) is 6.08 Å². The molecule has 0 spiro atoms. The van der Waals surface area contributed by atoms with Crippen LogP contribution in [0.5, 0.6) is 0 Å². The molecule has 9 heteroatoms. The molecular weight excluding hydrogens is 378 g/mol. The van der Waals surface area contributed by atoms with Crippen molar-refractivity contribution < 1.29 is 9.72 Å². The molecule has 0 bridgehead atoms. The van der Waals surface area contributed by atoms with Crippen molar-refractivity contribution >= 4 is 29.9 Å². The lowest BCUT2D eigenvalue weighted by atomic mass is 9.95. The lowest BCUT2D eigenvalue weighted by Gasteiger charge is -2.31. The van der Waals surface area contributed by atoms with Crippen LogP contribution >= 0.6 is 12.2 Å². The Morgan fingerprint density at radius 3 is 2.68 bits per heavy atom. The van der Waals surface area contributed by atoms with Crippen LogP contribution in [0.15, 0.2) is 30.3 Å². The SMILES string of the molecule is CC(C)n1c(C2CCN(C(=O)/C=C/c3ccccc3[N+](=O)[O-])CC2)n[nH]c1=S. The maximum Gasteiger partial charge on any atom is 0.276 e. The average molecular weight is 401 g/mol. The molecule has 0 radical (unpaired) electrons. The topological polar surface area (TPSA) is 97.1 Å². The number of carbonyl (C=O) groups excluding carboxylic acids is 1. The first-order valence-corrected chi connectivity index (χ1v) is 9.66. The molecule has 1 aromatic carbocycles. The first kappa shape index (κ1) is 19.9. The largest absolute Gasteiger partial charge is 0.339 e. The lowest BCUT2D eigenvalue weighted by molar-refractivity contribution is -0.385. The minimum absolute atomic E-state index is 0.0123. The van der Waals surface area contributed by atoms with Gasteiger partial charge in [-0.05, 0) is 51.0 Å². The number of nitrogens with zero attached hydrogens (tertiary/aromatic N) is 4. The number of aromatic amines is 1. The Bertz CT molecular complexity index is 954. The van der Waals surface area contributed by atoms with E-state index in [-0.39, 0.29) is 23.6 Å². The molecule has 8 nitrogen and oxygen atoms in total. The Morgan fingerprint density at radius 1 is 1.36 bits per heavy atom. The number of amides is 1. The van der Waals surface area contributed by atoms with Crippen molar-refractivity contribution in [2.75, 3.05) is 13.1 Å². The molecule has 1 aliphatic heterocycles. The predicted molar refractivity (Wildman–Crippen MR) is 108 cm³/mol. The number of benzene rings is 1. The quantitative estimate of drug-likeness (QED) is 0.355. The standard InChI is InChI=1S/C19H23N5O3S/c1-13(2)23-18(20-21-19(23)28)15-9-11-22(12-10-15)17(25)8-7-14-5-3-4-6-16(14)24(26)27/h3-8,13,15H,9-12H2,1-2H3,(H,21,28)/b8-7+. The first-order chi connectivity index (χ1) is 13.4. The van der Waals surface area contributed by atoms with Crippen molar-refractivity contribution in [1.82, 2.24) is 19.7 Å². The van der Waals surface area contributed by atoms with E-state index in [4.69, 9.17) is 12.2 Å². The van der Waals surface area contributed by atoms with Crippen LogP contribution in [0.3, 0.4) is 0 Å². The van der Waals surface area contributed by atoms with Crippen LogP contribution in [-0.2, 0) is 4.79 Å². The molecule has 1 aromatic heterocycles. The highest BCUT2D eigenvalue weighted by Crippen LogP contribution is 2.28. The van der Waals surface area contributed by atoms with Gasteiger partial charge in [-0.25, -0.2) is 0 Å². The van der Waals surface area contributed by atoms with Crippen molar-refractivity contribution in [2.24, 2.45) is 0 Å². The monoisotopic (exact) mass is 401 g/mol. The normalized spacial score (nSPS) is 15.5. The van der Waals surface area contributed by atoms with Crippen molar-refractivity contribution in [3.63, 3.8) is 0 Å². The Kier molecular flexibility index (Phi) is 6.03. The van der Waals surface area contributed by atoms with E-state index in [1.54, 1.807) is 23.1 Å². The summed E-state index contributed by atoms with van der Waals surface area (Å²) in [6, 6.07) is 6.60. The third kappa shape index (κ3) is 4.19. The van der Waals surface area contributed by atoms with Gasteiger partial charge in [0, 0.05) is 37.2 Å². The van der Waals surface area contributed by atoms with Gasteiger partial charge in [-0.15, -0.1) is 0 Å². The zero-order chi connectivity index (χ0) is 20.3. The van der Waals surface area contributed by atoms with E-state index in [0.717, 1.165) is 18.7 Å². The molecule has 1 fully saturated rings. The van der Waals surface area contributed by atoms with Crippen LogP contribution < -0.4 is 0 Å². The Balaban J connectivity index is 1.65. The molecule has 3 rings (SSSR count). The fourth-order valence-corrected chi connectivity index (χ4v) is 3.87. The van der Waals surface area contributed by atoms with Gasteiger partial charge >= 0.3 is 0 Å². The summed E-state index contributed by atoms with van der Waals surface area (Å²) in [4.78, 5) is 24.9. The molecule has 148 valence electrons. The van der Waals surface area contributed by atoms with Gasteiger partial charge in [0.05, 0.1) is 10.5 Å². The highest BCUT2D eigenvalue weighted by Gasteiger charge is 2.27. The third-order valence-electron chi connectivity index (χ3n) is 4.96. The molecule has 0 unspecified atom stereocenters. The van der Waals surface area contributed by atoms with Crippen molar-refractivity contribution in [3.8, 4) is 0 Å². The van der Waals surface area contributed by atoms with Gasteiger partial charge in [0.15, 0.2) is 4.77 Å². The summed E-state index contributed by atoms with van der Waals surface area (Å²) < 4.78 is 2.65. The van der Waals surface area contributed by atoms with Gasteiger partial charge in [-0.1, -0.05) is 12.1 Å². The number of hydrogen-bond donors (Lipinski definition) is 1. The third-order valence-corrected chi connectivity index (χ3v) is 5.25. The molecule has 28 heavy (non-hydrogen) atoms. The maximum atomic E-state index is 12.5. The van der Waals surface area contributed by atoms with E-state index in [1.807, 2.05) is 4.57 Å². The second kappa shape index (κ2) is 8.47. The number of H-pyrrole nitrogens is 1. The molecular formula is C19H23N5O3S. The second-order valence-electron chi connectivity index (χ2n) is 7.10. The summed E-state index contributed by atoms with van der Waals surface area (Å²) in [6.07, 6.45) is 4.53. The lowest BCUT2D eigenvalue weighted by Crippen LogP contribution is -2.37. The van der Waals surface area contributed by atoms with Gasteiger partial charge in [0.2, 0.25) is 5.91 Å². The molecule has 0 aliphatic carbocycles. The van der Waals surface area contributed by atoms with E-state index in [2.05, 4.69) is 24.0 Å². The van der Waals surface area contributed by atoms with Crippen molar-refractivity contribution in [1.29, 1.82) is 0 Å². The van der Waals surface area contributed by atoms with Crippen LogP contribution in [-0.4, -0.2) is 43.6 Å². The Labute approximate surface area is 168 Å². The summed E-state index contributed by atoms with van der Waals surface area (Å²) in [7, 11) is 0. The Morgan fingerprint density at radius 2 is 2.04 bits per heavy atom. The number of hydrogen-bond acceptors (Lipinski definition) is 5. The number of likely N-dealkylation sites (tertiary alicyclic amines) is 1. The number of nitro groups is 1. The minimum atomic E-state index is -0.448. The smallest absolute Gasteiger partial charge is 0.276 e. The Hall–Kier alpha value is -2.81. The average Bonchev–Trinajstić information content (AvgIpc) is 3.08. The van der Waals surface area contributed by atoms with E-state index in [9.17, 15) is 14.9 Å². The fourth-order valence-electron chi connectivity index (χ4n) is 3.52. The fraction of sp³-hybridized carbons (Fsp3) is 0.421. The van der Waals surface area contributed by atoms with Crippen LogP contribution in [0.4, 0.5) is 5.69 Å². The minimum Gasteiger partial charge on any atom is -0.339 e. The number of nitro benzene ring substituents is 1. The predicted octanol–water partition coefficient (Wildman–Crippen LogP) is 3.85. The van der Waals surface area contributed by atoms with E-state index in [1.165, 1.54) is 18.2 Å². The van der Waals surface area contributed by atoms with Crippen molar-refractivity contribution in [3.05, 3.63) is 56.6 Å². The number of rotatable bonds is 5. The zero-order valence-electron chi connectivity index (χ0n) is 15.9. The van der Waals surface area contributed by atoms with E-state index >= 15 is 0 Å². The van der Waals surface area contributed by atoms with Crippen LogP contribution in [0.2, 0.25) is 0 Å².